The van der Waals surface area contributed by atoms with Crippen LogP contribution in [0.2, 0.25) is 0 Å². The van der Waals surface area contributed by atoms with E-state index in [0.717, 1.165) is 13.1 Å². The van der Waals surface area contributed by atoms with Gasteiger partial charge in [-0.05, 0) is 20.6 Å². The van der Waals surface area contributed by atoms with Crippen molar-refractivity contribution in [1.29, 1.82) is 0 Å². The molecule has 1 heterocycles. The number of likely N-dealkylation sites (N-methyl/N-ethyl adjacent to an activating group) is 2. The maximum absolute atomic E-state index is 12.0. The Balaban J connectivity index is 2.53. The minimum Gasteiger partial charge on any atom is -0.315 e. The third-order valence-corrected chi connectivity index (χ3v) is 3.95. The largest absolute Gasteiger partial charge is 0.315 e. The minimum absolute atomic E-state index is 0.211. The van der Waals surface area contributed by atoms with Gasteiger partial charge in [0.05, 0.1) is 12.7 Å². The highest BCUT2D eigenvalue weighted by molar-refractivity contribution is 7.89. The number of nitrogens with zero attached hydrogens (tertiary/aromatic N) is 3. The second-order valence-electron chi connectivity index (χ2n) is 4.49. The van der Waals surface area contributed by atoms with Gasteiger partial charge in [-0.25, -0.2) is 13.1 Å². The highest BCUT2D eigenvalue weighted by atomic mass is 32.2. The summed E-state index contributed by atoms with van der Waals surface area (Å²) in [5.74, 6) is 0. The van der Waals surface area contributed by atoms with Crippen LogP contribution in [-0.2, 0) is 16.6 Å². The summed E-state index contributed by atoms with van der Waals surface area (Å²) in [5.41, 5.74) is 0. The van der Waals surface area contributed by atoms with Gasteiger partial charge in [0.1, 0.15) is 4.90 Å². The van der Waals surface area contributed by atoms with Gasteiger partial charge >= 0.3 is 0 Å². The molecule has 110 valence electrons. The second kappa shape index (κ2) is 7.59. The molecule has 1 aromatic rings. The molecule has 1 aromatic heterocycles. The van der Waals surface area contributed by atoms with Crippen molar-refractivity contribution in [3.63, 3.8) is 0 Å². The van der Waals surface area contributed by atoms with Gasteiger partial charge in [-0.15, -0.1) is 0 Å². The lowest BCUT2D eigenvalue weighted by Crippen LogP contribution is -2.31. The van der Waals surface area contributed by atoms with E-state index in [9.17, 15) is 8.42 Å². The lowest BCUT2D eigenvalue weighted by atomic mass is 10.6. The first kappa shape index (κ1) is 16.1. The van der Waals surface area contributed by atoms with E-state index in [1.54, 1.807) is 10.9 Å². The number of hydrogen-bond acceptors (Lipinski definition) is 5. The molecule has 0 unspecified atom stereocenters. The van der Waals surface area contributed by atoms with E-state index in [0.29, 0.717) is 19.6 Å². The van der Waals surface area contributed by atoms with Crippen LogP contribution in [0.4, 0.5) is 0 Å². The van der Waals surface area contributed by atoms with Gasteiger partial charge in [0, 0.05) is 25.8 Å². The minimum atomic E-state index is -3.45. The predicted molar refractivity (Wildman–Crippen MR) is 74.5 cm³/mol. The van der Waals surface area contributed by atoms with E-state index in [1.807, 2.05) is 25.9 Å². The van der Waals surface area contributed by atoms with Crippen molar-refractivity contribution in [3.05, 3.63) is 12.4 Å². The topological polar surface area (TPSA) is 79.3 Å². The molecule has 0 amide bonds. The second-order valence-corrected chi connectivity index (χ2v) is 6.26. The molecule has 0 bridgehead atoms. The fourth-order valence-electron chi connectivity index (χ4n) is 1.46. The Labute approximate surface area is 115 Å². The Morgan fingerprint density at radius 2 is 2.11 bits per heavy atom. The van der Waals surface area contributed by atoms with Gasteiger partial charge in [0.15, 0.2) is 0 Å². The van der Waals surface area contributed by atoms with Gasteiger partial charge in [-0.1, -0.05) is 6.92 Å². The van der Waals surface area contributed by atoms with Crippen LogP contribution < -0.4 is 10.0 Å². The number of nitrogens with one attached hydrogen (secondary N) is 2. The molecule has 0 aliphatic heterocycles. The zero-order valence-corrected chi connectivity index (χ0v) is 12.6. The van der Waals surface area contributed by atoms with Crippen LogP contribution in [0.15, 0.2) is 17.3 Å². The van der Waals surface area contributed by atoms with E-state index in [4.69, 9.17) is 0 Å². The average Bonchev–Trinajstić information content (AvgIpc) is 2.78. The molecule has 0 aliphatic rings. The Morgan fingerprint density at radius 3 is 2.74 bits per heavy atom. The SMILES string of the molecule is CCNCCn1cc(S(=O)(=O)NCCN(C)C)cn1. The van der Waals surface area contributed by atoms with Crippen molar-refractivity contribution in [2.75, 3.05) is 40.3 Å². The van der Waals surface area contributed by atoms with Gasteiger partial charge in [0.25, 0.3) is 0 Å². The van der Waals surface area contributed by atoms with Gasteiger partial charge < -0.3 is 10.2 Å². The van der Waals surface area contributed by atoms with Crippen molar-refractivity contribution < 1.29 is 8.42 Å². The maximum atomic E-state index is 12.0. The monoisotopic (exact) mass is 289 g/mol. The normalized spacial score (nSPS) is 12.2. The van der Waals surface area contributed by atoms with Crippen LogP contribution in [0.1, 0.15) is 6.92 Å². The Kier molecular flexibility index (Phi) is 6.43. The van der Waals surface area contributed by atoms with Crippen LogP contribution >= 0.6 is 0 Å². The molecule has 0 aliphatic carbocycles. The predicted octanol–water partition coefficient (Wildman–Crippen LogP) is -0.667. The van der Waals surface area contributed by atoms with E-state index >= 15 is 0 Å². The molecule has 7 nitrogen and oxygen atoms in total. The first-order valence-electron chi connectivity index (χ1n) is 6.33. The van der Waals surface area contributed by atoms with Crippen LogP contribution in [0.3, 0.4) is 0 Å². The fourth-order valence-corrected chi connectivity index (χ4v) is 2.44. The Bertz CT molecular complexity index is 469. The molecule has 0 fully saturated rings. The van der Waals surface area contributed by atoms with E-state index < -0.39 is 10.0 Å². The lowest BCUT2D eigenvalue weighted by molar-refractivity contribution is 0.412. The van der Waals surface area contributed by atoms with Crippen molar-refractivity contribution in [2.24, 2.45) is 0 Å². The zero-order chi connectivity index (χ0) is 14.3. The number of rotatable bonds is 9. The average molecular weight is 289 g/mol. The van der Waals surface area contributed by atoms with Crippen LogP contribution in [0.5, 0.6) is 0 Å². The molecule has 0 saturated heterocycles. The first-order valence-corrected chi connectivity index (χ1v) is 7.81. The molecule has 19 heavy (non-hydrogen) atoms. The molecule has 0 saturated carbocycles. The number of sulfonamides is 1. The van der Waals surface area contributed by atoms with Crippen LogP contribution in [-0.4, -0.2) is 63.4 Å². The number of hydrogen-bond donors (Lipinski definition) is 2. The highest BCUT2D eigenvalue weighted by Gasteiger charge is 2.15. The molecule has 1 rings (SSSR count). The summed E-state index contributed by atoms with van der Waals surface area (Å²) >= 11 is 0. The first-order chi connectivity index (χ1) is 8.95. The third kappa shape index (κ3) is 5.68. The Hall–Kier alpha value is -0.960. The van der Waals surface area contributed by atoms with Gasteiger partial charge in [-0.2, -0.15) is 5.10 Å². The van der Waals surface area contributed by atoms with E-state index in [2.05, 4.69) is 15.1 Å². The lowest BCUT2D eigenvalue weighted by Gasteiger charge is -2.09. The summed E-state index contributed by atoms with van der Waals surface area (Å²) in [6.45, 7) is 5.38. The van der Waals surface area contributed by atoms with Crippen molar-refractivity contribution in [1.82, 2.24) is 24.7 Å². The van der Waals surface area contributed by atoms with E-state index in [1.165, 1.54) is 6.20 Å². The molecule has 0 radical (unpaired) electrons. The molecular weight excluding hydrogens is 266 g/mol. The summed E-state index contributed by atoms with van der Waals surface area (Å²) in [5, 5.41) is 7.20. The van der Waals surface area contributed by atoms with E-state index in [-0.39, 0.29) is 4.90 Å². The van der Waals surface area contributed by atoms with Crippen LogP contribution in [0.25, 0.3) is 0 Å². The Morgan fingerprint density at radius 1 is 1.37 bits per heavy atom. The molecule has 0 spiro atoms. The fraction of sp³-hybridized carbons (Fsp3) is 0.727. The summed E-state index contributed by atoms with van der Waals surface area (Å²) in [6, 6.07) is 0. The summed E-state index contributed by atoms with van der Waals surface area (Å²) in [4.78, 5) is 2.13. The van der Waals surface area contributed by atoms with Crippen molar-refractivity contribution in [3.8, 4) is 0 Å². The van der Waals surface area contributed by atoms with Gasteiger partial charge in [-0.3, -0.25) is 4.68 Å². The zero-order valence-electron chi connectivity index (χ0n) is 11.8. The van der Waals surface area contributed by atoms with Crippen molar-refractivity contribution >= 4 is 10.0 Å². The van der Waals surface area contributed by atoms with Gasteiger partial charge in [0.2, 0.25) is 10.0 Å². The van der Waals surface area contributed by atoms with Crippen LogP contribution in [0, 0.1) is 0 Å². The molecule has 2 N–H and O–H groups in total. The smallest absolute Gasteiger partial charge is 0.243 e. The highest BCUT2D eigenvalue weighted by Crippen LogP contribution is 2.06. The third-order valence-electron chi connectivity index (χ3n) is 2.54. The standard InChI is InChI=1S/C11H23N5O2S/c1-4-12-5-8-16-10-11(9-13-16)19(17,18)14-6-7-15(2)3/h9-10,12,14H,4-8H2,1-3H3. The summed E-state index contributed by atoms with van der Waals surface area (Å²) in [7, 11) is 0.346. The molecule has 0 aromatic carbocycles. The quantitative estimate of drug-likeness (QED) is 0.590. The number of aromatic nitrogens is 2. The molecular formula is C11H23N5O2S. The maximum Gasteiger partial charge on any atom is 0.243 e. The summed E-state index contributed by atoms with van der Waals surface area (Å²) in [6.07, 6.45) is 2.93. The summed E-state index contributed by atoms with van der Waals surface area (Å²) < 4.78 is 28.1. The molecule has 0 atom stereocenters. The van der Waals surface area contributed by atoms with Crippen molar-refractivity contribution in [2.45, 2.75) is 18.4 Å². The molecule has 8 heteroatoms.